The average molecular weight is 704 g/mol. The Morgan fingerprint density at radius 3 is 1.38 bits per heavy atom. The summed E-state index contributed by atoms with van der Waals surface area (Å²) in [6.45, 7) is 8.13. The van der Waals surface area contributed by atoms with E-state index in [-0.39, 0.29) is 0 Å². The number of hydrogen-bond donors (Lipinski definition) is 0. The van der Waals surface area contributed by atoms with Crippen LogP contribution >= 0.6 is 0 Å². The molecule has 0 N–H and O–H groups in total. The molecule has 2 heterocycles. The fraction of sp³-hybridized carbons (Fsp3) is 0. The molecular formula is C52H37N3. The topological polar surface area (TPSA) is 30.7 Å². The van der Waals surface area contributed by atoms with Crippen LogP contribution in [0, 0.1) is 0 Å². The molecule has 7 aromatic carbocycles. The van der Waals surface area contributed by atoms with Crippen molar-refractivity contribution in [2.24, 2.45) is 0 Å². The SMILES string of the molecule is C=C/C=C(\C=C)c1ccc2c(c1)c1ccccc1c1ccccc1c1cc(-c3ccccc3)ccc1n2-c1nc(-c2ccccc2)cc(-c2ccccc2)n1. The zero-order valence-corrected chi connectivity index (χ0v) is 30.3. The van der Waals surface area contributed by atoms with Crippen molar-refractivity contribution < 1.29 is 0 Å². The van der Waals surface area contributed by atoms with Crippen molar-refractivity contribution in [1.82, 2.24) is 14.5 Å². The zero-order chi connectivity index (χ0) is 37.1. The molecule has 0 spiro atoms. The summed E-state index contributed by atoms with van der Waals surface area (Å²) in [5.74, 6) is 0.574. The van der Waals surface area contributed by atoms with Crippen molar-refractivity contribution in [3.63, 3.8) is 0 Å². The molecule has 260 valence electrons. The van der Waals surface area contributed by atoms with Crippen LogP contribution in [-0.4, -0.2) is 14.5 Å². The summed E-state index contributed by atoms with van der Waals surface area (Å²) in [7, 11) is 0. The molecule has 0 aliphatic carbocycles. The highest BCUT2D eigenvalue weighted by Crippen LogP contribution is 2.37. The summed E-state index contributed by atoms with van der Waals surface area (Å²) in [6.07, 6.45) is 5.70. The Hall–Kier alpha value is -7.36. The van der Waals surface area contributed by atoms with Gasteiger partial charge in [0.25, 0.3) is 0 Å². The number of allylic oxidation sites excluding steroid dienone is 4. The molecule has 0 aliphatic rings. The second-order valence-electron chi connectivity index (χ2n) is 13.5. The minimum atomic E-state index is 0.574. The van der Waals surface area contributed by atoms with Gasteiger partial charge in [-0.3, -0.25) is 4.57 Å². The molecule has 55 heavy (non-hydrogen) atoms. The lowest BCUT2D eigenvalue weighted by atomic mass is 9.98. The van der Waals surface area contributed by atoms with Gasteiger partial charge in [-0.05, 0) is 74.1 Å². The van der Waals surface area contributed by atoms with Gasteiger partial charge in [0.1, 0.15) is 0 Å². The fourth-order valence-electron chi connectivity index (χ4n) is 7.59. The highest BCUT2D eigenvalue weighted by molar-refractivity contribution is 6.20. The first-order chi connectivity index (χ1) is 27.2. The van der Waals surface area contributed by atoms with Crippen molar-refractivity contribution in [1.29, 1.82) is 0 Å². The van der Waals surface area contributed by atoms with Crippen LogP contribution in [-0.2, 0) is 0 Å². The van der Waals surface area contributed by atoms with Crippen LogP contribution in [0.15, 0.2) is 213 Å². The van der Waals surface area contributed by atoms with Gasteiger partial charge in [0.05, 0.1) is 22.4 Å². The monoisotopic (exact) mass is 703 g/mol. The van der Waals surface area contributed by atoms with E-state index in [1.807, 2.05) is 30.4 Å². The quantitative estimate of drug-likeness (QED) is 0.155. The van der Waals surface area contributed by atoms with Gasteiger partial charge in [0, 0.05) is 21.9 Å². The second kappa shape index (κ2) is 14.6. The summed E-state index contributed by atoms with van der Waals surface area (Å²) >= 11 is 0. The molecule has 3 nitrogen and oxygen atoms in total. The smallest absolute Gasteiger partial charge is 0.235 e. The van der Waals surface area contributed by atoms with Crippen LogP contribution < -0.4 is 0 Å². The molecule has 9 aromatic rings. The zero-order valence-electron chi connectivity index (χ0n) is 30.3. The van der Waals surface area contributed by atoms with E-state index in [2.05, 4.69) is 188 Å². The van der Waals surface area contributed by atoms with Crippen molar-refractivity contribution in [2.75, 3.05) is 0 Å². The first kappa shape index (κ1) is 33.5. The van der Waals surface area contributed by atoms with Crippen molar-refractivity contribution in [3.8, 4) is 39.6 Å². The first-order valence-corrected chi connectivity index (χ1v) is 18.5. The predicted octanol–water partition coefficient (Wildman–Crippen LogP) is 13.8. The van der Waals surface area contributed by atoms with Crippen LogP contribution in [0.3, 0.4) is 0 Å². The molecule has 0 saturated carbocycles. The molecule has 0 fully saturated rings. The molecule has 3 heteroatoms. The summed E-state index contributed by atoms with van der Waals surface area (Å²) in [6, 6.07) is 64.2. The lowest BCUT2D eigenvalue weighted by Crippen LogP contribution is -2.06. The van der Waals surface area contributed by atoms with Gasteiger partial charge in [0.15, 0.2) is 0 Å². The summed E-state index contributed by atoms with van der Waals surface area (Å²) in [4.78, 5) is 10.8. The van der Waals surface area contributed by atoms with Gasteiger partial charge in [0.2, 0.25) is 5.95 Å². The van der Waals surface area contributed by atoms with Gasteiger partial charge in [-0.2, -0.15) is 0 Å². The largest absolute Gasteiger partial charge is 0.278 e. The van der Waals surface area contributed by atoms with E-state index >= 15 is 0 Å². The van der Waals surface area contributed by atoms with Gasteiger partial charge in [-0.25, -0.2) is 9.97 Å². The van der Waals surface area contributed by atoms with E-state index in [1.165, 1.54) is 0 Å². The molecule has 2 aromatic heterocycles. The molecule has 9 rings (SSSR count). The molecule has 0 saturated heterocycles. The minimum absolute atomic E-state index is 0.574. The third-order valence-corrected chi connectivity index (χ3v) is 10.2. The highest BCUT2D eigenvalue weighted by atomic mass is 15.2. The number of aromatic nitrogens is 3. The fourth-order valence-corrected chi connectivity index (χ4v) is 7.59. The van der Waals surface area contributed by atoms with Crippen molar-refractivity contribution in [3.05, 3.63) is 219 Å². The molecule has 0 unspecified atom stereocenters. The standard InChI is InChI=1S/C52H37N3/c1-3-18-36(4-2)40-29-31-50-46(33-40)44-27-16-14-25-42(44)43-26-15-17-28-45(43)47-34-41(37-19-8-5-9-20-37)30-32-51(47)55(50)52-53-48(38-21-10-6-11-22-38)35-49(54-52)39-23-12-7-13-24-39/h3-35H,1-2H2/b36-18+. The van der Waals surface area contributed by atoms with Crippen molar-refractivity contribution >= 4 is 48.9 Å². The maximum absolute atomic E-state index is 5.42. The third kappa shape index (κ3) is 6.28. The molecular weight excluding hydrogens is 667 g/mol. The summed E-state index contributed by atoms with van der Waals surface area (Å²) in [5.41, 5.74) is 9.97. The number of benzene rings is 7. The van der Waals surface area contributed by atoms with Crippen molar-refractivity contribution in [2.45, 2.75) is 0 Å². The van der Waals surface area contributed by atoms with E-state index in [4.69, 9.17) is 9.97 Å². The Kier molecular flexibility index (Phi) is 8.87. The second-order valence-corrected chi connectivity index (χ2v) is 13.5. The van der Waals surface area contributed by atoms with Crippen LogP contribution in [0.2, 0.25) is 0 Å². The number of hydrogen-bond acceptors (Lipinski definition) is 2. The van der Waals surface area contributed by atoms with E-state index in [0.717, 1.165) is 88.1 Å². The Morgan fingerprint density at radius 2 is 0.873 bits per heavy atom. The van der Waals surface area contributed by atoms with Gasteiger partial charge in [-0.1, -0.05) is 183 Å². The minimum Gasteiger partial charge on any atom is -0.278 e. The summed E-state index contributed by atoms with van der Waals surface area (Å²) in [5, 5.41) is 6.66. The maximum atomic E-state index is 5.42. The normalized spacial score (nSPS) is 11.5. The van der Waals surface area contributed by atoms with E-state index in [9.17, 15) is 0 Å². The van der Waals surface area contributed by atoms with E-state index in [0.29, 0.717) is 5.95 Å². The Labute approximate surface area is 320 Å². The third-order valence-electron chi connectivity index (χ3n) is 10.2. The Balaban J connectivity index is 1.55. The van der Waals surface area contributed by atoms with Crippen LogP contribution in [0.25, 0.3) is 88.5 Å². The highest BCUT2D eigenvalue weighted by Gasteiger charge is 2.17. The molecule has 0 atom stereocenters. The first-order valence-electron chi connectivity index (χ1n) is 18.5. The molecule has 0 aliphatic heterocycles. The van der Waals surface area contributed by atoms with Crippen LogP contribution in [0.4, 0.5) is 0 Å². The lowest BCUT2D eigenvalue weighted by molar-refractivity contribution is 0.992. The van der Waals surface area contributed by atoms with Crippen LogP contribution in [0.1, 0.15) is 5.56 Å². The summed E-state index contributed by atoms with van der Waals surface area (Å²) < 4.78 is 2.26. The number of rotatable bonds is 7. The molecule has 0 bridgehead atoms. The number of nitrogens with zero attached hydrogens (tertiary/aromatic N) is 3. The molecule has 0 amide bonds. The Bertz CT molecular complexity index is 2930. The lowest BCUT2D eigenvalue weighted by Gasteiger charge is -2.16. The van der Waals surface area contributed by atoms with Crippen LogP contribution in [0.5, 0.6) is 0 Å². The average Bonchev–Trinajstić information content (AvgIpc) is 3.30. The van der Waals surface area contributed by atoms with Gasteiger partial charge < -0.3 is 0 Å². The predicted molar refractivity (Wildman–Crippen MR) is 234 cm³/mol. The maximum Gasteiger partial charge on any atom is 0.235 e. The molecule has 0 radical (unpaired) electrons. The Morgan fingerprint density at radius 1 is 0.418 bits per heavy atom. The van der Waals surface area contributed by atoms with Gasteiger partial charge in [-0.15, -0.1) is 0 Å². The number of fused-ring (bicyclic) bond motifs is 7. The van der Waals surface area contributed by atoms with E-state index < -0.39 is 0 Å². The van der Waals surface area contributed by atoms with Gasteiger partial charge >= 0.3 is 0 Å². The van der Waals surface area contributed by atoms with E-state index in [1.54, 1.807) is 0 Å².